The normalized spacial score (nSPS) is 12.4. The summed E-state index contributed by atoms with van der Waals surface area (Å²) >= 11 is 1.37. The fraction of sp³-hybridized carbons (Fsp3) is 0.769. The van der Waals surface area contributed by atoms with E-state index >= 15 is 0 Å². The van der Waals surface area contributed by atoms with Gasteiger partial charge in [0, 0.05) is 12.2 Å². The third kappa shape index (κ3) is 10.9. The Bertz CT molecular complexity index is 366. The molecule has 1 atom stereocenters. The Balaban J connectivity index is 4.24. The Hall–Kier alpha value is -1.44. The van der Waals surface area contributed by atoms with Crippen LogP contribution in [0.4, 0.5) is 4.79 Å². The van der Waals surface area contributed by atoms with Gasteiger partial charge in [0.25, 0.3) is 0 Å². The van der Waals surface area contributed by atoms with E-state index in [2.05, 4.69) is 10.1 Å². The van der Waals surface area contributed by atoms with Crippen molar-refractivity contribution in [2.45, 2.75) is 45.3 Å². The van der Waals surface area contributed by atoms with Crippen LogP contribution in [0.1, 0.15) is 33.6 Å². The minimum absolute atomic E-state index is 0.0788. The number of thioether (sulfide) groups is 1. The lowest BCUT2D eigenvalue weighted by Gasteiger charge is -2.22. The zero-order valence-electron chi connectivity index (χ0n) is 12.8. The molecule has 1 amide bonds. The van der Waals surface area contributed by atoms with Crippen molar-refractivity contribution in [1.82, 2.24) is 5.32 Å². The molecule has 0 spiro atoms. The zero-order chi connectivity index (χ0) is 16.5. The number of hydrogen-bond acceptors (Lipinski definition) is 6. The Kier molecular flexibility index (Phi) is 8.84. The molecule has 0 rings (SSSR count). The van der Waals surface area contributed by atoms with Crippen LogP contribution in [0.3, 0.4) is 0 Å². The highest BCUT2D eigenvalue weighted by atomic mass is 32.2. The predicted molar refractivity (Wildman–Crippen MR) is 79.4 cm³/mol. The van der Waals surface area contributed by atoms with E-state index in [0.717, 1.165) is 0 Å². The van der Waals surface area contributed by atoms with Gasteiger partial charge in [-0.05, 0) is 32.9 Å². The number of rotatable bonds is 8. The molecule has 0 saturated carbocycles. The van der Waals surface area contributed by atoms with Crippen molar-refractivity contribution in [2.24, 2.45) is 0 Å². The summed E-state index contributed by atoms with van der Waals surface area (Å²) in [6.45, 7) is 5.17. The Morgan fingerprint density at radius 3 is 2.38 bits per heavy atom. The summed E-state index contributed by atoms with van der Waals surface area (Å²) in [5.74, 6) is -0.542. The average molecular weight is 321 g/mol. The zero-order valence-corrected chi connectivity index (χ0v) is 13.6. The van der Waals surface area contributed by atoms with E-state index in [1.165, 1.54) is 18.9 Å². The number of alkyl carbamates (subject to hydrolysis) is 1. The first-order valence-electron chi connectivity index (χ1n) is 6.52. The van der Waals surface area contributed by atoms with E-state index in [1.807, 2.05) is 0 Å². The van der Waals surface area contributed by atoms with Crippen LogP contribution in [0, 0.1) is 0 Å². The largest absolute Gasteiger partial charge is 0.481 e. The number of carboxylic acids is 1. The molecule has 0 fully saturated rings. The number of ether oxygens (including phenoxy) is 2. The molecule has 0 aromatic carbocycles. The molecule has 122 valence electrons. The van der Waals surface area contributed by atoms with Crippen LogP contribution < -0.4 is 5.32 Å². The lowest BCUT2D eigenvalue weighted by atomic mass is 10.2. The standard InChI is InChI=1S/C13H23NO6S/c1-13(2,3)20-12(18)14-9(11(17)19-4)8-21-7-5-6-10(15)16/h9H,5-8H2,1-4H3,(H,14,18)(H,15,16)/t9-/m0/s1. The van der Waals surface area contributed by atoms with Gasteiger partial charge in [0.15, 0.2) is 0 Å². The quantitative estimate of drug-likeness (QED) is 0.517. The molecule has 0 unspecified atom stereocenters. The molecular formula is C13H23NO6S. The molecule has 0 bridgehead atoms. The molecule has 0 radical (unpaired) electrons. The number of carboxylic acid groups (broad SMARTS) is 1. The molecule has 0 saturated heterocycles. The number of aliphatic carboxylic acids is 1. The Labute approximate surface area is 128 Å². The van der Waals surface area contributed by atoms with Crippen molar-refractivity contribution < 1.29 is 29.0 Å². The maximum Gasteiger partial charge on any atom is 0.408 e. The molecule has 0 aliphatic heterocycles. The fourth-order valence-electron chi connectivity index (χ4n) is 1.29. The van der Waals surface area contributed by atoms with Gasteiger partial charge in [0.1, 0.15) is 11.6 Å². The van der Waals surface area contributed by atoms with E-state index in [-0.39, 0.29) is 6.42 Å². The first-order valence-corrected chi connectivity index (χ1v) is 7.68. The van der Waals surface area contributed by atoms with Gasteiger partial charge in [0.05, 0.1) is 7.11 Å². The van der Waals surface area contributed by atoms with Crippen LogP contribution in [-0.2, 0) is 19.1 Å². The Morgan fingerprint density at radius 2 is 1.90 bits per heavy atom. The van der Waals surface area contributed by atoms with Gasteiger partial charge in [-0.2, -0.15) is 11.8 Å². The van der Waals surface area contributed by atoms with Crippen LogP contribution in [0.25, 0.3) is 0 Å². The second-order valence-electron chi connectivity index (χ2n) is 5.29. The minimum atomic E-state index is -0.855. The molecular weight excluding hydrogens is 298 g/mol. The van der Waals surface area contributed by atoms with E-state index in [1.54, 1.807) is 20.8 Å². The van der Waals surface area contributed by atoms with Crippen LogP contribution >= 0.6 is 11.8 Å². The molecule has 21 heavy (non-hydrogen) atoms. The van der Waals surface area contributed by atoms with Crippen molar-refractivity contribution in [1.29, 1.82) is 0 Å². The van der Waals surface area contributed by atoms with Crippen LogP contribution in [0.2, 0.25) is 0 Å². The van der Waals surface area contributed by atoms with Crippen molar-refractivity contribution in [3.05, 3.63) is 0 Å². The van der Waals surface area contributed by atoms with Gasteiger partial charge in [-0.25, -0.2) is 9.59 Å². The number of amides is 1. The monoisotopic (exact) mass is 321 g/mol. The minimum Gasteiger partial charge on any atom is -0.481 e. The van der Waals surface area contributed by atoms with E-state index in [0.29, 0.717) is 17.9 Å². The molecule has 7 nitrogen and oxygen atoms in total. The molecule has 0 aromatic heterocycles. The van der Waals surface area contributed by atoms with E-state index in [9.17, 15) is 14.4 Å². The third-order valence-corrected chi connectivity index (χ3v) is 3.29. The maximum absolute atomic E-state index is 11.6. The van der Waals surface area contributed by atoms with Crippen LogP contribution in [0.15, 0.2) is 0 Å². The molecule has 0 heterocycles. The smallest absolute Gasteiger partial charge is 0.408 e. The first kappa shape index (κ1) is 19.6. The van der Waals surface area contributed by atoms with Crippen molar-refractivity contribution in [2.75, 3.05) is 18.6 Å². The molecule has 0 aromatic rings. The molecule has 8 heteroatoms. The predicted octanol–water partition coefficient (Wildman–Crippen LogP) is 1.65. The highest BCUT2D eigenvalue weighted by Gasteiger charge is 2.24. The number of methoxy groups -OCH3 is 1. The summed E-state index contributed by atoms with van der Waals surface area (Å²) in [5, 5.41) is 11.0. The summed E-state index contributed by atoms with van der Waals surface area (Å²) in [7, 11) is 1.24. The summed E-state index contributed by atoms with van der Waals surface area (Å²) in [4.78, 5) is 33.6. The van der Waals surface area contributed by atoms with Crippen molar-refractivity contribution in [3.8, 4) is 0 Å². The van der Waals surface area contributed by atoms with Crippen molar-refractivity contribution in [3.63, 3.8) is 0 Å². The van der Waals surface area contributed by atoms with Gasteiger partial charge < -0.3 is 19.9 Å². The second-order valence-corrected chi connectivity index (χ2v) is 6.44. The number of esters is 1. The van der Waals surface area contributed by atoms with Gasteiger partial charge in [-0.1, -0.05) is 0 Å². The SMILES string of the molecule is COC(=O)[C@H](CSCCCC(=O)O)NC(=O)OC(C)(C)C. The van der Waals surface area contributed by atoms with E-state index in [4.69, 9.17) is 9.84 Å². The molecule has 2 N–H and O–H groups in total. The van der Waals surface area contributed by atoms with Crippen LogP contribution in [0.5, 0.6) is 0 Å². The number of hydrogen-bond donors (Lipinski definition) is 2. The number of carbonyl (C=O) groups excluding carboxylic acids is 2. The maximum atomic E-state index is 11.6. The lowest BCUT2D eigenvalue weighted by Crippen LogP contribution is -2.45. The van der Waals surface area contributed by atoms with Crippen molar-refractivity contribution >= 4 is 29.8 Å². The van der Waals surface area contributed by atoms with Gasteiger partial charge in [0.2, 0.25) is 0 Å². The average Bonchev–Trinajstić information content (AvgIpc) is 2.33. The topological polar surface area (TPSA) is 102 Å². The van der Waals surface area contributed by atoms with E-state index < -0.39 is 29.7 Å². The lowest BCUT2D eigenvalue weighted by molar-refractivity contribution is -0.142. The highest BCUT2D eigenvalue weighted by molar-refractivity contribution is 7.99. The second kappa shape index (κ2) is 9.49. The third-order valence-electron chi connectivity index (χ3n) is 2.14. The summed E-state index contributed by atoms with van der Waals surface area (Å²) in [6, 6.07) is -0.820. The van der Waals surface area contributed by atoms with Gasteiger partial charge in [-0.15, -0.1) is 0 Å². The summed E-state index contributed by atoms with van der Waals surface area (Å²) in [5.41, 5.74) is -0.653. The number of carbonyl (C=O) groups is 3. The summed E-state index contributed by atoms with van der Waals surface area (Å²) in [6.07, 6.45) is -0.112. The highest BCUT2D eigenvalue weighted by Crippen LogP contribution is 2.10. The first-order chi connectivity index (χ1) is 9.65. The van der Waals surface area contributed by atoms with Gasteiger partial charge in [-0.3, -0.25) is 4.79 Å². The summed E-state index contributed by atoms with van der Waals surface area (Å²) < 4.78 is 9.70. The Morgan fingerprint density at radius 1 is 1.29 bits per heavy atom. The fourth-order valence-corrected chi connectivity index (χ4v) is 2.26. The number of nitrogens with one attached hydrogen (secondary N) is 1. The molecule has 0 aliphatic rings. The van der Waals surface area contributed by atoms with Crippen LogP contribution in [-0.4, -0.2) is 53.4 Å². The molecule has 0 aliphatic carbocycles. The van der Waals surface area contributed by atoms with Gasteiger partial charge >= 0.3 is 18.0 Å².